The van der Waals surface area contributed by atoms with Crippen LogP contribution in [0.3, 0.4) is 0 Å². The van der Waals surface area contributed by atoms with Crippen LogP contribution in [-0.2, 0) is 0 Å². The topological polar surface area (TPSA) is 74.0 Å². The number of ether oxygens (including phenoxy) is 1. The van der Waals surface area contributed by atoms with E-state index in [1.54, 1.807) is 19.6 Å². The van der Waals surface area contributed by atoms with E-state index in [1.165, 1.54) is 4.68 Å². The van der Waals surface area contributed by atoms with E-state index < -0.39 is 0 Å². The number of benzene rings is 2. The Morgan fingerprint density at radius 3 is 2.61 bits per heavy atom. The summed E-state index contributed by atoms with van der Waals surface area (Å²) >= 11 is 3.45. The number of nitrogens with zero attached hydrogens (tertiary/aromatic N) is 4. The molecule has 8 heteroatoms. The van der Waals surface area contributed by atoms with Crippen molar-refractivity contribution in [1.82, 2.24) is 19.3 Å². The number of methoxy groups -OCH3 is 1. The fraction of sp³-hybridized carbons (Fsp3) is 0.174. The number of nitrogens with one attached hydrogen (secondary N) is 1. The Bertz CT molecular complexity index is 1270. The summed E-state index contributed by atoms with van der Waals surface area (Å²) in [4.78, 5) is 17.5. The molecule has 4 rings (SSSR count). The second kappa shape index (κ2) is 8.77. The Morgan fingerprint density at radius 2 is 1.94 bits per heavy atom. The standard InChI is InChI=1S/C23H22BrN5O2/c1-15-13-28(14-25-15)20-10-9-18(11-21(20)31-3)27-22-19(24)12-26-29(23(22)30)16(2)17-7-5-4-6-8-17/h4-14,16,27H,1-3H3. The van der Waals surface area contributed by atoms with Crippen molar-refractivity contribution in [2.45, 2.75) is 19.9 Å². The van der Waals surface area contributed by atoms with Gasteiger partial charge in [0.05, 0.1) is 41.5 Å². The van der Waals surface area contributed by atoms with Gasteiger partial charge in [0, 0.05) is 18.0 Å². The van der Waals surface area contributed by atoms with Gasteiger partial charge < -0.3 is 14.6 Å². The lowest BCUT2D eigenvalue weighted by atomic mass is 10.1. The molecule has 0 spiro atoms. The second-order valence-corrected chi connectivity index (χ2v) is 7.99. The van der Waals surface area contributed by atoms with Gasteiger partial charge in [-0.3, -0.25) is 4.79 Å². The van der Waals surface area contributed by atoms with Crippen molar-refractivity contribution in [3.8, 4) is 11.4 Å². The highest BCUT2D eigenvalue weighted by molar-refractivity contribution is 9.10. The molecule has 0 aliphatic carbocycles. The predicted molar refractivity (Wildman–Crippen MR) is 125 cm³/mol. The molecule has 0 aliphatic heterocycles. The molecule has 2 aromatic heterocycles. The van der Waals surface area contributed by atoms with Gasteiger partial charge in [-0.05, 0) is 47.5 Å². The van der Waals surface area contributed by atoms with E-state index in [0.717, 1.165) is 22.6 Å². The average Bonchev–Trinajstić information content (AvgIpc) is 3.22. The quantitative estimate of drug-likeness (QED) is 0.427. The highest BCUT2D eigenvalue weighted by Gasteiger charge is 2.16. The van der Waals surface area contributed by atoms with E-state index in [0.29, 0.717) is 15.9 Å². The van der Waals surface area contributed by atoms with Crippen molar-refractivity contribution < 1.29 is 4.74 Å². The molecule has 0 aliphatic rings. The van der Waals surface area contributed by atoms with Crippen molar-refractivity contribution in [1.29, 1.82) is 0 Å². The third kappa shape index (κ3) is 4.25. The number of rotatable bonds is 6. The lowest BCUT2D eigenvalue weighted by molar-refractivity contribution is 0.413. The van der Waals surface area contributed by atoms with Gasteiger partial charge in [0.1, 0.15) is 11.4 Å². The second-order valence-electron chi connectivity index (χ2n) is 7.14. The molecular formula is C23H22BrN5O2. The molecule has 7 nitrogen and oxygen atoms in total. The number of aromatic nitrogens is 4. The summed E-state index contributed by atoms with van der Waals surface area (Å²) in [5, 5.41) is 7.55. The normalized spacial score (nSPS) is 11.9. The third-order valence-electron chi connectivity index (χ3n) is 5.04. The van der Waals surface area contributed by atoms with E-state index >= 15 is 0 Å². The Hall–Kier alpha value is -3.39. The average molecular weight is 480 g/mol. The van der Waals surface area contributed by atoms with Crippen LogP contribution >= 0.6 is 15.9 Å². The van der Waals surface area contributed by atoms with Gasteiger partial charge in [0.2, 0.25) is 0 Å². The largest absolute Gasteiger partial charge is 0.494 e. The molecule has 0 radical (unpaired) electrons. The van der Waals surface area contributed by atoms with E-state index in [1.807, 2.05) is 73.1 Å². The number of hydrogen-bond acceptors (Lipinski definition) is 5. The summed E-state index contributed by atoms with van der Waals surface area (Å²) in [6, 6.07) is 15.3. The van der Waals surface area contributed by atoms with Crippen molar-refractivity contribution >= 4 is 27.3 Å². The molecule has 0 bridgehead atoms. The van der Waals surface area contributed by atoms with E-state index in [-0.39, 0.29) is 11.6 Å². The maximum absolute atomic E-state index is 13.2. The molecule has 4 aromatic rings. The van der Waals surface area contributed by atoms with Crippen LogP contribution in [0.1, 0.15) is 24.2 Å². The fourth-order valence-electron chi connectivity index (χ4n) is 3.37. The maximum Gasteiger partial charge on any atom is 0.292 e. The molecule has 2 heterocycles. The van der Waals surface area contributed by atoms with Gasteiger partial charge in [-0.15, -0.1) is 0 Å². The Morgan fingerprint density at radius 1 is 1.16 bits per heavy atom. The van der Waals surface area contributed by atoms with Crippen LogP contribution in [0.25, 0.3) is 5.69 Å². The number of aryl methyl sites for hydroxylation is 1. The van der Waals surface area contributed by atoms with Crippen LogP contribution in [0.2, 0.25) is 0 Å². The van der Waals surface area contributed by atoms with Crippen molar-refractivity contribution in [3.63, 3.8) is 0 Å². The van der Waals surface area contributed by atoms with Crippen LogP contribution in [0.4, 0.5) is 11.4 Å². The van der Waals surface area contributed by atoms with E-state index in [2.05, 4.69) is 31.3 Å². The Labute approximate surface area is 188 Å². The first-order valence-corrected chi connectivity index (χ1v) is 10.6. The minimum Gasteiger partial charge on any atom is -0.494 e. The van der Waals surface area contributed by atoms with Crippen molar-refractivity contribution in [2.24, 2.45) is 0 Å². The lowest BCUT2D eigenvalue weighted by Gasteiger charge is -2.17. The van der Waals surface area contributed by atoms with Crippen LogP contribution in [-0.4, -0.2) is 26.4 Å². The van der Waals surface area contributed by atoms with Gasteiger partial charge >= 0.3 is 0 Å². The summed E-state index contributed by atoms with van der Waals surface area (Å²) < 4.78 is 9.53. The smallest absolute Gasteiger partial charge is 0.292 e. The summed E-state index contributed by atoms with van der Waals surface area (Å²) in [7, 11) is 1.61. The molecule has 0 amide bonds. The molecule has 158 valence electrons. The monoisotopic (exact) mass is 479 g/mol. The molecule has 2 aromatic carbocycles. The number of imidazole rings is 1. The number of anilines is 2. The van der Waals surface area contributed by atoms with Crippen molar-refractivity contribution in [2.75, 3.05) is 12.4 Å². The fourth-order valence-corrected chi connectivity index (χ4v) is 3.73. The predicted octanol–water partition coefficient (Wildman–Crippen LogP) is 4.86. The minimum atomic E-state index is -0.223. The lowest BCUT2D eigenvalue weighted by Crippen LogP contribution is -2.28. The van der Waals surface area contributed by atoms with Crippen LogP contribution < -0.4 is 15.6 Å². The first kappa shape index (κ1) is 20.9. The summed E-state index contributed by atoms with van der Waals surface area (Å²) in [6.45, 7) is 3.88. The van der Waals surface area contributed by atoms with Gasteiger partial charge in [-0.1, -0.05) is 30.3 Å². The Balaban J connectivity index is 1.69. The molecule has 0 saturated heterocycles. The zero-order chi connectivity index (χ0) is 22.0. The summed E-state index contributed by atoms with van der Waals surface area (Å²) in [5.74, 6) is 0.658. The Kier molecular flexibility index (Phi) is 5.90. The van der Waals surface area contributed by atoms with Gasteiger partial charge in [0.25, 0.3) is 5.56 Å². The molecule has 31 heavy (non-hydrogen) atoms. The number of hydrogen-bond donors (Lipinski definition) is 1. The summed E-state index contributed by atoms with van der Waals surface area (Å²) in [6.07, 6.45) is 5.29. The first-order valence-electron chi connectivity index (χ1n) is 9.76. The van der Waals surface area contributed by atoms with Gasteiger partial charge in [-0.25, -0.2) is 9.67 Å². The zero-order valence-electron chi connectivity index (χ0n) is 17.4. The number of halogens is 1. The highest BCUT2D eigenvalue weighted by Crippen LogP contribution is 2.30. The maximum atomic E-state index is 13.2. The van der Waals surface area contributed by atoms with Gasteiger partial charge in [-0.2, -0.15) is 5.10 Å². The molecule has 0 saturated carbocycles. The van der Waals surface area contributed by atoms with Gasteiger partial charge in [0.15, 0.2) is 0 Å². The van der Waals surface area contributed by atoms with Crippen LogP contribution in [0, 0.1) is 6.92 Å². The van der Waals surface area contributed by atoms with Crippen LogP contribution in [0.5, 0.6) is 5.75 Å². The molecule has 0 fully saturated rings. The molecule has 1 atom stereocenters. The molecule has 1 N–H and O–H groups in total. The first-order chi connectivity index (χ1) is 15.0. The minimum absolute atomic E-state index is 0.205. The SMILES string of the molecule is COc1cc(Nc2c(Br)cnn(C(C)c3ccccc3)c2=O)ccc1-n1cnc(C)c1. The molecular weight excluding hydrogens is 458 g/mol. The zero-order valence-corrected chi connectivity index (χ0v) is 19.0. The van der Waals surface area contributed by atoms with Crippen molar-refractivity contribution in [3.05, 3.63) is 93.3 Å². The third-order valence-corrected chi connectivity index (χ3v) is 5.65. The van der Waals surface area contributed by atoms with E-state index in [9.17, 15) is 4.79 Å². The highest BCUT2D eigenvalue weighted by atomic mass is 79.9. The van der Waals surface area contributed by atoms with Crippen LogP contribution in [0.15, 0.2) is 76.5 Å². The van der Waals surface area contributed by atoms with E-state index in [4.69, 9.17) is 4.74 Å². The summed E-state index contributed by atoms with van der Waals surface area (Å²) in [5.41, 5.74) is 3.69. The molecule has 1 unspecified atom stereocenters.